The van der Waals surface area contributed by atoms with Gasteiger partial charge < -0.3 is 5.32 Å². The van der Waals surface area contributed by atoms with Crippen molar-refractivity contribution in [1.82, 2.24) is 0 Å². The van der Waals surface area contributed by atoms with Crippen LogP contribution in [0.25, 0.3) is 0 Å². The minimum atomic E-state index is -0.895. The number of amides is 1. The number of halogens is 4. The third-order valence-electron chi connectivity index (χ3n) is 2.19. The number of carbonyl (C=O) groups excluding carboxylic acids is 1. The summed E-state index contributed by atoms with van der Waals surface area (Å²) < 4.78 is 27.2. The third-order valence-corrected chi connectivity index (χ3v) is 3.32. The number of hydrogen-bond donors (Lipinski definition) is 1. The van der Waals surface area contributed by atoms with E-state index in [1.807, 2.05) is 0 Å². The zero-order chi connectivity index (χ0) is 13.2. The quantitative estimate of drug-likeness (QED) is 0.838. The molecule has 1 aromatic rings. The van der Waals surface area contributed by atoms with E-state index in [1.165, 1.54) is 0 Å². The summed E-state index contributed by atoms with van der Waals surface area (Å²) >= 11 is 8.56. The summed E-state index contributed by atoms with van der Waals surface area (Å²) in [5, 5.41) is 2.20. The Morgan fingerprint density at radius 1 is 1.41 bits per heavy atom. The molecule has 0 aromatic heterocycles. The Morgan fingerprint density at radius 2 is 1.88 bits per heavy atom. The molecule has 1 N–H and O–H groups in total. The van der Waals surface area contributed by atoms with Crippen LogP contribution >= 0.6 is 27.5 Å². The van der Waals surface area contributed by atoms with Crippen molar-refractivity contribution < 1.29 is 13.6 Å². The second kappa shape index (κ2) is 5.31. The first-order valence-corrected chi connectivity index (χ1v) is 6.12. The molecule has 0 saturated heterocycles. The summed E-state index contributed by atoms with van der Waals surface area (Å²) in [5.74, 6) is -2.16. The average Bonchev–Trinajstić information content (AvgIpc) is 2.22. The van der Waals surface area contributed by atoms with Gasteiger partial charge in [-0.2, -0.15) is 0 Å². The summed E-state index contributed by atoms with van der Waals surface area (Å²) in [6.07, 6.45) is 0. The molecular formula is C11H11BrClF2NO. The summed E-state index contributed by atoms with van der Waals surface area (Å²) in [5.41, 5.74) is -1.36. The van der Waals surface area contributed by atoms with Crippen LogP contribution in [0, 0.1) is 17.0 Å². The molecule has 0 saturated carbocycles. The van der Waals surface area contributed by atoms with E-state index < -0.39 is 28.6 Å². The summed E-state index contributed by atoms with van der Waals surface area (Å²) in [7, 11) is 0. The van der Waals surface area contributed by atoms with E-state index in [0.717, 1.165) is 12.1 Å². The number of hydrogen-bond acceptors (Lipinski definition) is 1. The molecule has 1 rings (SSSR count). The monoisotopic (exact) mass is 325 g/mol. The maximum absolute atomic E-state index is 13.4. The maximum atomic E-state index is 13.4. The molecule has 94 valence electrons. The van der Waals surface area contributed by atoms with Gasteiger partial charge in [0, 0.05) is 10.4 Å². The van der Waals surface area contributed by atoms with E-state index >= 15 is 0 Å². The van der Waals surface area contributed by atoms with Crippen molar-refractivity contribution in [3.8, 4) is 0 Å². The van der Waals surface area contributed by atoms with Gasteiger partial charge in [0.25, 0.3) is 0 Å². The van der Waals surface area contributed by atoms with Gasteiger partial charge in [-0.1, -0.05) is 15.9 Å². The molecule has 1 amide bonds. The first-order chi connectivity index (χ1) is 7.77. The second-order valence-electron chi connectivity index (χ2n) is 4.22. The Hall–Kier alpha value is -0.680. The lowest BCUT2D eigenvalue weighted by Gasteiger charge is -2.20. The standard InChI is InChI=1S/C11H11BrClF2NO/c1-11(2,5-13)10(17)16-9-7(14)3-6(12)4-8(9)15/h3-4H,5H2,1-2H3,(H,16,17). The van der Waals surface area contributed by atoms with Crippen LogP contribution in [0.4, 0.5) is 14.5 Å². The van der Waals surface area contributed by atoms with Gasteiger partial charge >= 0.3 is 0 Å². The van der Waals surface area contributed by atoms with Gasteiger partial charge in [-0.3, -0.25) is 4.79 Å². The van der Waals surface area contributed by atoms with Crippen molar-refractivity contribution in [3.63, 3.8) is 0 Å². The molecule has 0 heterocycles. The Balaban J connectivity index is 3.01. The van der Waals surface area contributed by atoms with E-state index in [4.69, 9.17) is 11.6 Å². The van der Waals surface area contributed by atoms with Crippen molar-refractivity contribution in [2.45, 2.75) is 13.8 Å². The van der Waals surface area contributed by atoms with Crippen molar-refractivity contribution >= 4 is 39.1 Å². The van der Waals surface area contributed by atoms with E-state index in [-0.39, 0.29) is 10.4 Å². The molecular weight excluding hydrogens is 315 g/mol. The molecule has 2 nitrogen and oxygen atoms in total. The van der Waals surface area contributed by atoms with Gasteiger partial charge in [-0.25, -0.2) is 8.78 Å². The van der Waals surface area contributed by atoms with Crippen molar-refractivity contribution in [1.29, 1.82) is 0 Å². The lowest BCUT2D eigenvalue weighted by Crippen LogP contribution is -2.32. The highest BCUT2D eigenvalue weighted by Crippen LogP contribution is 2.26. The van der Waals surface area contributed by atoms with Crippen LogP contribution < -0.4 is 5.32 Å². The fraction of sp³-hybridized carbons (Fsp3) is 0.364. The van der Waals surface area contributed by atoms with Crippen LogP contribution in [-0.4, -0.2) is 11.8 Å². The van der Waals surface area contributed by atoms with Crippen molar-refractivity contribution in [2.75, 3.05) is 11.2 Å². The van der Waals surface area contributed by atoms with Crippen LogP contribution in [0.2, 0.25) is 0 Å². The molecule has 1 aromatic carbocycles. The summed E-state index contributed by atoms with van der Waals surface area (Å²) in [6, 6.07) is 2.15. The first kappa shape index (κ1) is 14.4. The van der Waals surface area contributed by atoms with Crippen LogP contribution in [-0.2, 0) is 4.79 Å². The van der Waals surface area contributed by atoms with Crippen LogP contribution in [0.1, 0.15) is 13.8 Å². The van der Waals surface area contributed by atoms with Crippen molar-refractivity contribution in [2.24, 2.45) is 5.41 Å². The smallest absolute Gasteiger partial charge is 0.231 e. The van der Waals surface area contributed by atoms with E-state index in [9.17, 15) is 13.6 Å². The van der Waals surface area contributed by atoms with Crippen molar-refractivity contribution in [3.05, 3.63) is 28.2 Å². The molecule has 0 bridgehead atoms. The van der Waals surface area contributed by atoms with Gasteiger partial charge in [-0.15, -0.1) is 11.6 Å². The lowest BCUT2D eigenvalue weighted by atomic mass is 9.95. The van der Waals surface area contributed by atoms with Gasteiger partial charge in [0.2, 0.25) is 5.91 Å². The zero-order valence-electron chi connectivity index (χ0n) is 9.28. The number of carbonyl (C=O) groups is 1. The molecule has 0 fully saturated rings. The van der Waals surface area contributed by atoms with Gasteiger partial charge in [0.05, 0.1) is 5.41 Å². The molecule has 0 aliphatic heterocycles. The molecule has 0 atom stereocenters. The predicted octanol–water partition coefficient (Wildman–Crippen LogP) is 3.93. The summed E-state index contributed by atoms with van der Waals surface area (Å²) in [6.45, 7) is 3.17. The van der Waals surface area contributed by atoms with Crippen LogP contribution in [0.15, 0.2) is 16.6 Å². The number of anilines is 1. The normalized spacial score (nSPS) is 11.4. The highest BCUT2D eigenvalue weighted by molar-refractivity contribution is 9.10. The molecule has 0 aliphatic carbocycles. The lowest BCUT2D eigenvalue weighted by molar-refractivity contribution is -0.123. The van der Waals surface area contributed by atoms with E-state index in [2.05, 4.69) is 21.2 Å². The molecule has 0 aliphatic rings. The number of rotatable bonds is 3. The van der Waals surface area contributed by atoms with Gasteiger partial charge in [-0.05, 0) is 26.0 Å². The molecule has 17 heavy (non-hydrogen) atoms. The largest absolute Gasteiger partial charge is 0.321 e. The predicted molar refractivity (Wildman–Crippen MR) is 67.2 cm³/mol. The van der Waals surface area contributed by atoms with E-state index in [1.54, 1.807) is 13.8 Å². The SMILES string of the molecule is CC(C)(CCl)C(=O)Nc1c(F)cc(Br)cc1F. The minimum Gasteiger partial charge on any atom is -0.321 e. The molecule has 6 heteroatoms. The Morgan fingerprint density at radius 3 is 2.29 bits per heavy atom. The number of alkyl halides is 1. The number of nitrogens with one attached hydrogen (secondary N) is 1. The molecule has 0 spiro atoms. The minimum absolute atomic E-state index is 0.0542. The fourth-order valence-corrected chi connectivity index (χ4v) is 1.53. The highest BCUT2D eigenvalue weighted by atomic mass is 79.9. The number of benzene rings is 1. The zero-order valence-corrected chi connectivity index (χ0v) is 11.6. The third kappa shape index (κ3) is 3.39. The molecule has 0 radical (unpaired) electrons. The Kier molecular flexibility index (Phi) is 4.49. The summed E-state index contributed by atoms with van der Waals surface area (Å²) in [4.78, 5) is 11.7. The van der Waals surface area contributed by atoms with Crippen LogP contribution in [0.5, 0.6) is 0 Å². The first-order valence-electron chi connectivity index (χ1n) is 4.80. The average molecular weight is 327 g/mol. The van der Waals surface area contributed by atoms with E-state index in [0.29, 0.717) is 0 Å². The van der Waals surface area contributed by atoms with Crippen LogP contribution in [0.3, 0.4) is 0 Å². The molecule has 0 unspecified atom stereocenters. The fourth-order valence-electron chi connectivity index (χ4n) is 1.01. The van der Waals surface area contributed by atoms with Gasteiger partial charge in [0.1, 0.15) is 5.69 Å². The Labute approximate surface area is 111 Å². The Bertz CT molecular complexity index is 428. The maximum Gasteiger partial charge on any atom is 0.231 e. The topological polar surface area (TPSA) is 29.1 Å². The second-order valence-corrected chi connectivity index (χ2v) is 5.40. The van der Waals surface area contributed by atoms with Gasteiger partial charge in [0.15, 0.2) is 11.6 Å². The highest BCUT2D eigenvalue weighted by Gasteiger charge is 2.28.